The Bertz CT molecular complexity index is 475. The predicted molar refractivity (Wildman–Crippen MR) is 85.0 cm³/mol. The molecule has 122 valence electrons. The Morgan fingerprint density at radius 2 is 2.18 bits per heavy atom. The largest absolute Gasteiger partial charge is 0.379 e. The summed E-state index contributed by atoms with van der Waals surface area (Å²) >= 11 is 0. The van der Waals surface area contributed by atoms with Crippen LogP contribution in [0.25, 0.3) is 0 Å². The third-order valence-electron chi connectivity index (χ3n) is 3.37. The molecule has 2 heterocycles. The van der Waals surface area contributed by atoms with Crippen molar-refractivity contribution in [3.63, 3.8) is 0 Å². The number of carbonyl (C=O) groups is 1. The first-order valence-corrected chi connectivity index (χ1v) is 7.80. The molecular formula is C15H25N5O2. The Hall–Kier alpha value is -1.73. The predicted octanol–water partition coefficient (Wildman–Crippen LogP) is 0.607. The van der Waals surface area contributed by atoms with Crippen LogP contribution in [-0.4, -0.2) is 66.7 Å². The van der Waals surface area contributed by atoms with Crippen LogP contribution in [0, 0.1) is 5.92 Å². The minimum atomic E-state index is -0.160. The number of morpholine rings is 1. The average molecular weight is 307 g/mol. The van der Waals surface area contributed by atoms with Crippen molar-refractivity contribution in [2.75, 3.05) is 51.3 Å². The normalized spacial score (nSPS) is 15.8. The monoisotopic (exact) mass is 307 g/mol. The van der Waals surface area contributed by atoms with E-state index in [0.717, 1.165) is 39.4 Å². The number of aromatic nitrogens is 2. The van der Waals surface area contributed by atoms with Crippen molar-refractivity contribution in [1.82, 2.24) is 20.2 Å². The number of ether oxygens (including phenoxy) is 1. The molecule has 0 aromatic carbocycles. The molecule has 1 aromatic rings. The number of nitrogens with zero attached hydrogens (tertiary/aromatic N) is 3. The van der Waals surface area contributed by atoms with Crippen LogP contribution in [0.2, 0.25) is 0 Å². The zero-order valence-electron chi connectivity index (χ0n) is 13.3. The maximum atomic E-state index is 12.0. The summed E-state index contributed by atoms with van der Waals surface area (Å²) in [6.07, 6.45) is 1.61. The molecule has 0 atom stereocenters. The lowest BCUT2D eigenvalue weighted by molar-refractivity contribution is 0.0398. The fraction of sp³-hybridized carbons (Fsp3) is 0.667. The summed E-state index contributed by atoms with van der Waals surface area (Å²) in [4.78, 5) is 22.7. The Morgan fingerprint density at radius 1 is 1.41 bits per heavy atom. The van der Waals surface area contributed by atoms with Crippen LogP contribution in [-0.2, 0) is 4.74 Å². The molecule has 1 fully saturated rings. The second-order valence-corrected chi connectivity index (χ2v) is 5.75. The molecule has 1 saturated heterocycles. The van der Waals surface area contributed by atoms with E-state index in [1.165, 1.54) is 0 Å². The summed E-state index contributed by atoms with van der Waals surface area (Å²) in [5.74, 6) is 0.745. The van der Waals surface area contributed by atoms with Crippen molar-refractivity contribution in [2.45, 2.75) is 13.8 Å². The van der Waals surface area contributed by atoms with Gasteiger partial charge in [0.25, 0.3) is 5.91 Å². The number of anilines is 1. The number of carbonyl (C=O) groups excluding carboxylic acids is 1. The van der Waals surface area contributed by atoms with E-state index in [-0.39, 0.29) is 5.91 Å². The van der Waals surface area contributed by atoms with Gasteiger partial charge in [-0.2, -0.15) is 0 Å². The molecule has 1 aliphatic rings. The Labute approximate surface area is 131 Å². The van der Waals surface area contributed by atoms with Crippen LogP contribution < -0.4 is 10.6 Å². The van der Waals surface area contributed by atoms with E-state index in [1.54, 1.807) is 12.3 Å². The molecule has 1 aliphatic heterocycles. The van der Waals surface area contributed by atoms with Crippen molar-refractivity contribution in [2.24, 2.45) is 5.92 Å². The van der Waals surface area contributed by atoms with Gasteiger partial charge >= 0.3 is 0 Å². The van der Waals surface area contributed by atoms with E-state index in [0.29, 0.717) is 24.1 Å². The third-order valence-corrected chi connectivity index (χ3v) is 3.37. The molecule has 2 rings (SSSR count). The first-order chi connectivity index (χ1) is 10.6. The highest BCUT2D eigenvalue weighted by atomic mass is 16.5. The van der Waals surface area contributed by atoms with Gasteiger partial charge in [0, 0.05) is 38.9 Å². The Balaban J connectivity index is 1.79. The molecule has 0 bridgehead atoms. The molecule has 1 amide bonds. The first-order valence-electron chi connectivity index (χ1n) is 7.80. The van der Waals surface area contributed by atoms with E-state index in [9.17, 15) is 4.79 Å². The molecule has 0 unspecified atom stereocenters. The van der Waals surface area contributed by atoms with E-state index < -0.39 is 0 Å². The molecule has 7 heteroatoms. The molecule has 0 saturated carbocycles. The van der Waals surface area contributed by atoms with Gasteiger partial charge in [-0.15, -0.1) is 0 Å². The number of amides is 1. The van der Waals surface area contributed by atoms with Crippen LogP contribution in [0.3, 0.4) is 0 Å². The molecule has 0 radical (unpaired) electrons. The second kappa shape index (κ2) is 8.65. The van der Waals surface area contributed by atoms with Gasteiger partial charge in [0.1, 0.15) is 5.69 Å². The van der Waals surface area contributed by atoms with Gasteiger partial charge in [-0.1, -0.05) is 13.8 Å². The van der Waals surface area contributed by atoms with Gasteiger partial charge in [-0.25, -0.2) is 9.97 Å². The Kier molecular flexibility index (Phi) is 6.54. The number of hydrogen-bond acceptors (Lipinski definition) is 6. The van der Waals surface area contributed by atoms with Crippen molar-refractivity contribution >= 4 is 11.9 Å². The van der Waals surface area contributed by atoms with Crippen LogP contribution in [0.15, 0.2) is 12.3 Å². The van der Waals surface area contributed by atoms with Gasteiger partial charge in [-0.05, 0) is 12.0 Å². The molecule has 7 nitrogen and oxygen atoms in total. The van der Waals surface area contributed by atoms with Crippen molar-refractivity contribution in [3.05, 3.63) is 18.0 Å². The van der Waals surface area contributed by atoms with Crippen molar-refractivity contribution in [1.29, 1.82) is 0 Å². The zero-order chi connectivity index (χ0) is 15.8. The van der Waals surface area contributed by atoms with E-state index in [4.69, 9.17) is 4.74 Å². The highest BCUT2D eigenvalue weighted by molar-refractivity contribution is 5.92. The van der Waals surface area contributed by atoms with Crippen LogP contribution >= 0.6 is 0 Å². The lowest BCUT2D eigenvalue weighted by Gasteiger charge is -2.26. The summed E-state index contributed by atoms with van der Waals surface area (Å²) in [7, 11) is 0. The van der Waals surface area contributed by atoms with E-state index >= 15 is 0 Å². The van der Waals surface area contributed by atoms with Gasteiger partial charge in [0.05, 0.1) is 13.2 Å². The molecule has 0 aliphatic carbocycles. The number of rotatable bonds is 7. The van der Waals surface area contributed by atoms with Crippen LogP contribution in [0.1, 0.15) is 24.3 Å². The molecule has 0 spiro atoms. The molecule has 2 N–H and O–H groups in total. The summed E-state index contributed by atoms with van der Waals surface area (Å²) < 4.78 is 5.31. The zero-order valence-corrected chi connectivity index (χ0v) is 13.3. The highest BCUT2D eigenvalue weighted by Crippen LogP contribution is 2.02. The van der Waals surface area contributed by atoms with Crippen molar-refractivity contribution in [3.8, 4) is 0 Å². The van der Waals surface area contributed by atoms with E-state index in [1.807, 2.05) is 0 Å². The van der Waals surface area contributed by atoms with Gasteiger partial charge < -0.3 is 15.4 Å². The molecular weight excluding hydrogens is 282 g/mol. The molecule has 1 aromatic heterocycles. The van der Waals surface area contributed by atoms with Crippen molar-refractivity contribution < 1.29 is 9.53 Å². The van der Waals surface area contributed by atoms with Gasteiger partial charge in [0.15, 0.2) is 0 Å². The SMILES string of the molecule is CC(C)CNC(=O)c1ccnc(NCCN2CCOCC2)n1. The van der Waals surface area contributed by atoms with Gasteiger partial charge in [0.2, 0.25) is 5.95 Å². The van der Waals surface area contributed by atoms with Crippen LogP contribution in [0.4, 0.5) is 5.95 Å². The average Bonchev–Trinajstić information content (AvgIpc) is 2.54. The quantitative estimate of drug-likeness (QED) is 0.768. The smallest absolute Gasteiger partial charge is 0.270 e. The summed E-state index contributed by atoms with van der Waals surface area (Å²) in [6, 6.07) is 1.63. The maximum absolute atomic E-state index is 12.0. The lowest BCUT2D eigenvalue weighted by atomic mass is 10.2. The third kappa shape index (κ3) is 5.57. The maximum Gasteiger partial charge on any atom is 0.270 e. The van der Waals surface area contributed by atoms with Gasteiger partial charge in [-0.3, -0.25) is 9.69 Å². The number of nitrogens with one attached hydrogen (secondary N) is 2. The minimum absolute atomic E-state index is 0.160. The fourth-order valence-electron chi connectivity index (χ4n) is 2.11. The summed E-state index contributed by atoms with van der Waals surface area (Å²) in [5, 5.41) is 6.02. The molecule has 22 heavy (non-hydrogen) atoms. The highest BCUT2D eigenvalue weighted by Gasteiger charge is 2.11. The topological polar surface area (TPSA) is 79.4 Å². The second-order valence-electron chi connectivity index (χ2n) is 5.75. The van der Waals surface area contributed by atoms with Crippen LogP contribution in [0.5, 0.6) is 0 Å². The summed E-state index contributed by atoms with van der Waals surface area (Å²) in [6.45, 7) is 9.92. The lowest BCUT2D eigenvalue weighted by Crippen LogP contribution is -2.39. The first kappa shape index (κ1) is 16.6. The Morgan fingerprint density at radius 3 is 2.91 bits per heavy atom. The minimum Gasteiger partial charge on any atom is -0.379 e. The standard InChI is InChI=1S/C15H25N5O2/c1-12(2)11-18-14(21)13-3-4-16-15(19-13)17-5-6-20-7-9-22-10-8-20/h3-4,12H,5-11H2,1-2H3,(H,18,21)(H,16,17,19). The fourth-order valence-corrected chi connectivity index (χ4v) is 2.11. The number of hydrogen-bond donors (Lipinski definition) is 2. The van der Waals surface area contributed by atoms with E-state index in [2.05, 4.69) is 39.3 Å². The summed E-state index contributed by atoms with van der Waals surface area (Å²) in [5.41, 5.74) is 0.393.